The van der Waals surface area contributed by atoms with Gasteiger partial charge in [-0.05, 0) is 35.1 Å². The summed E-state index contributed by atoms with van der Waals surface area (Å²) in [5, 5.41) is 7.09. The Morgan fingerprint density at radius 2 is 1.64 bits per heavy atom. The minimum Gasteiger partial charge on any atom is -0.340 e. The maximum absolute atomic E-state index is 12.5. The number of hydrazone groups is 1. The zero-order valence-corrected chi connectivity index (χ0v) is 17.3. The average Bonchev–Trinajstić information content (AvgIpc) is 2.66. The van der Waals surface area contributed by atoms with Gasteiger partial charge in [-0.1, -0.05) is 75.7 Å². The maximum Gasteiger partial charge on any atom is 0.262 e. The molecule has 2 N–H and O–H groups in total. The highest BCUT2D eigenvalue weighted by molar-refractivity contribution is 6.33. The summed E-state index contributed by atoms with van der Waals surface area (Å²) in [6.07, 6.45) is 1.58. The second-order valence-electron chi connectivity index (χ2n) is 7.23. The van der Waals surface area contributed by atoms with Crippen LogP contribution in [0.1, 0.15) is 55.1 Å². The molecule has 0 fully saturated rings. The minimum absolute atomic E-state index is 0.119. The van der Waals surface area contributed by atoms with Crippen LogP contribution in [0.3, 0.4) is 0 Å². The van der Waals surface area contributed by atoms with E-state index in [0.717, 1.165) is 5.56 Å². The Morgan fingerprint density at radius 1 is 1.00 bits per heavy atom. The average molecular weight is 400 g/mol. The molecule has 0 aliphatic heterocycles. The molecule has 2 aromatic rings. The Hall–Kier alpha value is -2.66. The van der Waals surface area contributed by atoms with E-state index in [4.69, 9.17) is 11.6 Å². The second-order valence-corrected chi connectivity index (χ2v) is 7.64. The second kappa shape index (κ2) is 10.0. The van der Waals surface area contributed by atoms with Gasteiger partial charge in [0, 0.05) is 0 Å². The Kier molecular flexibility index (Phi) is 7.76. The highest BCUT2D eigenvalue weighted by atomic mass is 35.5. The van der Waals surface area contributed by atoms with Crippen molar-refractivity contribution in [2.75, 3.05) is 0 Å². The number of halogens is 1. The van der Waals surface area contributed by atoms with Crippen LogP contribution in [0.2, 0.25) is 5.02 Å². The van der Waals surface area contributed by atoms with Crippen molar-refractivity contribution in [3.63, 3.8) is 0 Å². The third-order valence-electron chi connectivity index (χ3n) is 4.35. The van der Waals surface area contributed by atoms with E-state index in [-0.39, 0.29) is 11.8 Å². The highest BCUT2D eigenvalue weighted by Gasteiger charge is 2.25. The van der Waals surface area contributed by atoms with Crippen LogP contribution in [0.15, 0.2) is 53.6 Å². The van der Waals surface area contributed by atoms with Crippen LogP contribution < -0.4 is 10.7 Å². The summed E-state index contributed by atoms with van der Waals surface area (Å²) in [6, 6.07) is 14.0. The Bertz CT molecular complexity index is 845. The molecule has 1 unspecified atom stereocenters. The van der Waals surface area contributed by atoms with Crippen LogP contribution >= 0.6 is 11.6 Å². The summed E-state index contributed by atoms with van der Waals surface area (Å²) in [5.74, 6) is -0.440. The van der Waals surface area contributed by atoms with Gasteiger partial charge >= 0.3 is 0 Å². The van der Waals surface area contributed by atoms with E-state index in [1.54, 1.807) is 30.5 Å². The fourth-order valence-corrected chi connectivity index (χ4v) is 2.83. The van der Waals surface area contributed by atoms with Gasteiger partial charge in [-0.3, -0.25) is 9.59 Å². The smallest absolute Gasteiger partial charge is 0.262 e. The number of carbonyl (C=O) groups excluding carboxylic acids is 2. The van der Waals surface area contributed by atoms with Crippen molar-refractivity contribution in [3.05, 3.63) is 70.2 Å². The molecule has 0 spiro atoms. The molecule has 28 heavy (non-hydrogen) atoms. The lowest BCUT2D eigenvalue weighted by Crippen LogP contribution is -2.48. The number of amides is 2. The normalized spacial score (nSPS) is 12.4. The standard InChI is InChI=1S/C22H26ClN3O2/c1-14(2)17-11-9-16(10-12-17)13-24-26-22(28)20(15(3)4)25-21(27)18-7-5-6-8-19(18)23/h5-15,20H,1-4H3,(H,25,27)(H,26,28). The van der Waals surface area contributed by atoms with Crippen molar-refractivity contribution in [3.8, 4) is 0 Å². The lowest BCUT2D eigenvalue weighted by atomic mass is 10.0. The molecule has 2 rings (SSSR count). The number of nitrogens with zero attached hydrogens (tertiary/aromatic N) is 1. The van der Waals surface area contributed by atoms with E-state index < -0.39 is 11.9 Å². The summed E-state index contributed by atoms with van der Waals surface area (Å²) in [7, 11) is 0. The molecule has 0 aromatic heterocycles. The van der Waals surface area contributed by atoms with E-state index in [1.165, 1.54) is 5.56 Å². The van der Waals surface area contributed by atoms with Gasteiger partial charge in [-0.15, -0.1) is 0 Å². The monoisotopic (exact) mass is 399 g/mol. The van der Waals surface area contributed by atoms with Gasteiger partial charge < -0.3 is 5.32 Å². The molecule has 2 amide bonds. The number of benzene rings is 2. The van der Waals surface area contributed by atoms with Crippen LogP contribution in [0.4, 0.5) is 0 Å². The van der Waals surface area contributed by atoms with Crippen molar-refractivity contribution in [1.29, 1.82) is 0 Å². The van der Waals surface area contributed by atoms with Gasteiger partial charge in [0.2, 0.25) is 0 Å². The fraction of sp³-hybridized carbons (Fsp3) is 0.318. The maximum atomic E-state index is 12.5. The molecule has 1 atom stereocenters. The molecule has 148 valence electrons. The first-order valence-corrected chi connectivity index (χ1v) is 9.65. The molecular weight excluding hydrogens is 374 g/mol. The minimum atomic E-state index is -0.732. The van der Waals surface area contributed by atoms with E-state index in [2.05, 4.69) is 29.7 Å². The molecular formula is C22H26ClN3O2. The molecule has 0 saturated heterocycles. The van der Waals surface area contributed by atoms with E-state index >= 15 is 0 Å². The molecule has 6 heteroatoms. The molecule has 2 aromatic carbocycles. The molecule has 0 saturated carbocycles. The predicted molar refractivity (Wildman–Crippen MR) is 114 cm³/mol. The van der Waals surface area contributed by atoms with Gasteiger partial charge in [0.15, 0.2) is 0 Å². The number of hydrogen-bond acceptors (Lipinski definition) is 3. The number of hydrogen-bond donors (Lipinski definition) is 2. The Balaban J connectivity index is 2.00. The first-order chi connectivity index (χ1) is 13.3. The summed E-state index contributed by atoms with van der Waals surface area (Å²) in [5.41, 5.74) is 4.95. The number of rotatable bonds is 7. The largest absolute Gasteiger partial charge is 0.340 e. The third-order valence-corrected chi connectivity index (χ3v) is 4.68. The fourth-order valence-electron chi connectivity index (χ4n) is 2.61. The summed E-state index contributed by atoms with van der Waals surface area (Å²) in [6.45, 7) is 7.97. The van der Waals surface area contributed by atoms with Crippen molar-refractivity contribution in [1.82, 2.24) is 10.7 Å². The lowest BCUT2D eigenvalue weighted by molar-refractivity contribution is -0.123. The van der Waals surface area contributed by atoms with Gasteiger partial charge in [0.05, 0.1) is 16.8 Å². The number of carbonyl (C=O) groups is 2. The van der Waals surface area contributed by atoms with Crippen LogP contribution in [0.25, 0.3) is 0 Å². The SMILES string of the molecule is CC(C)c1ccc(C=NNC(=O)C(NC(=O)c2ccccc2Cl)C(C)C)cc1. The van der Waals surface area contributed by atoms with Crippen LogP contribution in [0, 0.1) is 5.92 Å². The molecule has 0 radical (unpaired) electrons. The Labute approximate surface area is 171 Å². The zero-order chi connectivity index (χ0) is 20.7. The summed E-state index contributed by atoms with van der Waals surface area (Å²) < 4.78 is 0. The van der Waals surface area contributed by atoms with Crippen LogP contribution in [0.5, 0.6) is 0 Å². The summed E-state index contributed by atoms with van der Waals surface area (Å²) in [4.78, 5) is 25.0. The summed E-state index contributed by atoms with van der Waals surface area (Å²) >= 11 is 6.06. The van der Waals surface area contributed by atoms with Crippen molar-refractivity contribution >= 4 is 29.6 Å². The first kappa shape index (κ1) is 21.6. The van der Waals surface area contributed by atoms with Gasteiger partial charge in [-0.25, -0.2) is 5.43 Å². The molecule has 5 nitrogen and oxygen atoms in total. The molecule has 0 aliphatic rings. The lowest BCUT2D eigenvalue weighted by Gasteiger charge is -2.20. The van der Waals surface area contributed by atoms with E-state index in [1.807, 2.05) is 38.1 Å². The predicted octanol–water partition coefficient (Wildman–Crippen LogP) is 4.37. The molecule has 0 heterocycles. The van der Waals surface area contributed by atoms with Crippen molar-refractivity contribution in [2.45, 2.75) is 39.7 Å². The van der Waals surface area contributed by atoms with Crippen molar-refractivity contribution in [2.24, 2.45) is 11.0 Å². The van der Waals surface area contributed by atoms with E-state index in [9.17, 15) is 9.59 Å². The van der Waals surface area contributed by atoms with Gasteiger partial charge in [-0.2, -0.15) is 5.10 Å². The Morgan fingerprint density at radius 3 is 2.21 bits per heavy atom. The first-order valence-electron chi connectivity index (χ1n) is 9.28. The van der Waals surface area contributed by atoms with Crippen LogP contribution in [-0.2, 0) is 4.79 Å². The number of nitrogens with one attached hydrogen (secondary N) is 2. The quantitative estimate of drug-likeness (QED) is 0.536. The molecule has 0 bridgehead atoms. The van der Waals surface area contributed by atoms with Crippen molar-refractivity contribution < 1.29 is 9.59 Å². The topological polar surface area (TPSA) is 70.6 Å². The third kappa shape index (κ3) is 5.92. The van der Waals surface area contributed by atoms with Gasteiger partial charge in [0.25, 0.3) is 11.8 Å². The zero-order valence-electron chi connectivity index (χ0n) is 16.6. The molecule has 0 aliphatic carbocycles. The van der Waals surface area contributed by atoms with Crippen LogP contribution in [-0.4, -0.2) is 24.1 Å². The van der Waals surface area contributed by atoms with E-state index in [0.29, 0.717) is 16.5 Å². The van der Waals surface area contributed by atoms with Gasteiger partial charge in [0.1, 0.15) is 6.04 Å². The highest BCUT2D eigenvalue weighted by Crippen LogP contribution is 2.16.